The van der Waals surface area contributed by atoms with E-state index in [0.29, 0.717) is 12.2 Å². The summed E-state index contributed by atoms with van der Waals surface area (Å²) in [5.74, 6) is 1.41. The van der Waals surface area contributed by atoms with Gasteiger partial charge in [0.2, 0.25) is 0 Å². The maximum atomic E-state index is 13.9. The zero-order valence-electron chi connectivity index (χ0n) is 20.3. The van der Waals surface area contributed by atoms with E-state index in [0.717, 1.165) is 30.7 Å². The topological polar surface area (TPSA) is 35.0 Å². The Labute approximate surface area is 195 Å². The molecule has 0 fully saturated rings. The van der Waals surface area contributed by atoms with Crippen LogP contribution in [0.2, 0.25) is 0 Å². The number of hydrogen-bond donors (Lipinski definition) is 0. The average Bonchev–Trinajstić information content (AvgIpc) is 2.83. The molecule has 2 aromatic rings. The lowest BCUT2D eigenvalue weighted by atomic mass is 10.1. The van der Waals surface area contributed by atoms with E-state index < -0.39 is 6.17 Å². The van der Waals surface area contributed by atoms with Crippen LogP contribution in [0.3, 0.4) is 0 Å². The molecule has 0 aliphatic carbocycles. The van der Waals surface area contributed by atoms with Crippen molar-refractivity contribution >= 4 is 0 Å². The number of aryl methyl sites for hydroxylation is 1. The van der Waals surface area contributed by atoms with Gasteiger partial charge in [-0.3, -0.25) is 0 Å². The van der Waals surface area contributed by atoms with Crippen LogP contribution in [0.4, 0.5) is 4.39 Å². The number of nitrogens with zero attached hydrogens (tertiary/aromatic N) is 2. The van der Waals surface area contributed by atoms with E-state index in [1.54, 1.807) is 0 Å². The Hall–Kier alpha value is -1.97. The standard InChI is InChI=1S/C28H43FN2O/c1-3-5-7-9-10-11-12-13-15-24-21-30-28(31-22-24)25-17-19-27(20-18-25)32-23-26(29)16-14-8-6-4-2/h17-22,26H,3-16,23H2,1-2H3. The van der Waals surface area contributed by atoms with Crippen LogP contribution in [0.25, 0.3) is 11.4 Å². The van der Waals surface area contributed by atoms with Crippen molar-refractivity contribution in [2.45, 2.75) is 110 Å². The molecule has 32 heavy (non-hydrogen) atoms. The highest BCUT2D eigenvalue weighted by Gasteiger charge is 2.08. The van der Waals surface area contributed by atoms with Crippen molar-refractivity contribution in [1.82, 2.24) is 9.97 Å². The second kappa shape index (κ2) is 16.6. The van der Waals surface area contributed by atoms with E-state index in [1.165, 1.54) is 69.8 Å². The van der Waals surface area contributed by atoms with Gasteiger partial charge in [-0.1, -0.05) is 84.5 Å². The van der Waals surface area contributed by atoms with Crippen molar-refractivity contribution < 1.29 is 9.13 Å². The predicted octanol–water partition coefficient (Wildman–Crippen LogP) is 8.51. The molecular formula is C28H43FN2O. The average molecular weight is 443 g/mol. The first kappa shape index (κ1) is 26.3. The van der Waals surface area contributed by atoms with Crippen LogP contribution < -0.4 is 4.74 Å². The Bertz CT molecular complexity index is 702. The molecule has 3 nitrogen and oxygen atoms in total. The minimum Gasteiger partial charge on any atom is -0.491 e. The highest BCUT2D eigenvalue weighted by molar-refractivity contribution is 5.55. The zero-order valence-corrected chi connectivity index (χ0v) is 20.3. The van der Waals surface area contributed by atoms with Gasteiger partial charge in [0.1, 0.15) is 18.5 Å². The van der Waals surface area contributed by atoms with E-state index >= 15 is 0 Å². The molecule has 0 saturated heterocycles. The zero-order chi connectivity index (χ0) is 22.9. The Morgan fingerprint density at radius 3 is 1.94 bits per heavy atom. The van der Waals surface area contributed by atoms with E-state index in [-0.39, 0.29) is 6.61 Å². The van der Waals surface area contributed by atoms with Crippen LogP contribution in [0.1, 0.15) is 103 Å². The van der Waals surface area contributed by atoms with E-state index in [4.69, 9.17) is 4.74 Å². The maximum absolute atomic E-state index is 13.9. The molecule has 1 atom stereocenters. The number of alkyl halides is 1. The van der Waals surface area contributed by atoms with Crippen LogP contribution in [0.5, 0.6) is 5.75 Å². The minimum atomic E-state index is -0.900. The quantitative estimate of drug-likeness (QED) is 0.217. The first-order valence-corrected chi connectivity index (χ1v) is 12.9. The molecule has 1 aromatic carbocycles. The summed E-state index contributed by atoms with van der Waals surface area (Å²) in [4.78, 5) is 9.08. The number of aromatic nitrogens is 2. The number of benzene rings is 1. The summed E-state index contributed by atoms with van der Waals surface area (Å²) in [6, 6.07) is 7.63. The molecule has 0 aliphatic rings. The van der Waals surface area contributed by atoms with Crippen LogP contribution in [-0.4, -0.2) is 22.7 Å². The lowest BCUT2D eigenvalue weighted by molar-refractivity contribution is 0.184. The largest absolute Gasteiger partial charge is 0.491 e. The van der Waals surface area contributed by atoms with Gasteiger partial charge in [0.05, 0.1) is 0 Å². The molecule has 0 bridgehead atoms. The van der Waals surface area contributed by atoms with E-state index in [9.17, 15) is 4.39 Å². The maximum Gasteiger partial charge on any atom is 0.159 e. The summed E-state index contributed by atoms with van der Waals surface area (Å²) in [5, 5.41) is 0. The van der Waals surface area contributed by atoms with Gasteiger partial charge in [-0.15, -0.1) is 0 Å². The Kier molecular flexibility index (Phi) is 13.7. The monoisotopic (exact) mass is 442 g/mol. The van der Waals surface area contributed by atoms with Crippen molar-refractivity contribution in [2.75, 3.05) is 6.61 Å². The molecule has 0 aliphatic heterocycles. The van der Waals surface area contributed by atoms with Crippen LogP contribution in [0.15, 0.2) is 36.7 Å². The predicted molar refractivity (Wildman–Crippen MR) is 133 cm³/mol. The summed E-state index contributed by atoms with van der Waals surface area (Å²) in [5.41, 5.74) is 2.15. The summed E-state index contributed by atoms with van der Waals surface area (Å²) in [7, 11) is 0. The lowest BCUT2D eigenvalue weighted by Gasteiger charge is -2.11. The van der Waals surface area contributed by atoms with Gasteiger partial charge in [-0.05, 0) is 49.1 Å². The normalized spacial score (nSPS) is 12.1. The fraction of sp³-hybridized carbons (Fsp3) is 0.643. The Morgan fingerprint density at radius 1 is 0.750 bits per heavy atom. The highest BCUT2D eigenvalue weighted by atomic mass is 19.1. The Balaban J connectivity index is 1.67. The van der Waals surface area contributed by atoms with Crippen LogP contribution in [-0.2, 0) is 6.42 Å². The smallest absolute Gasteiger partial charge is 0.159 e. The third-order valence-electron chi connectivity index (χ3n) is 5.94. The van der Waals surface area contributed by atoms with Gasteiger partial charge in [-0.2, -0.15) is 0 Å². The van der Waals surface area contributed by atoms with Crippen LogP contribution in [0, 0.1) is 0 Å². The van der Waals surface area contributed by atoms with E-state index in [1.807, 2.05) is 36.7 Å². The Morgan fingerprint density at radius 2 is 1.31 bits per heavy atom. The van der Waals surface area contributed by atoms with Gasteiger partial charge in [-0.25, -0.2) is 14.4 Å². The third-order valence-corrected chi connectivity index (χ3v) is 5.94. The fourth-order valence-electron chi connectivity index (χ4n) is 3.86. The molecule has 0 N–H and O–H groups in total. The molecular weight excluding hydrogens is 399 g/mol. The van der Waals surface area contributed by atoms with Gasteiger partial charge in [0, 0.05) is 18.0 Å². The minimum absolute atomic E-state index is 0.120. The molecule has 1 unspecified atom stereocenters. The first-order valence-electron chi connectivity index (χ1n) is 12.9. The van der Waals surface area contributed by atoms with Crippen molar-refractivity contribution in [3.63, 3.8) is 0 Å². The van der Waals surface area contributed by atoms with Crippen molar-refractivity contribution in [3.8, 4) is 17.1 Å². The molecule has 1 aromatic heterocycles. The van der Waals surface area contributed by atoms with E-state index in [2.05, 4.69) is 23.8 Å². The first-order chi connectivity index (χ1) is 15.7. The fourth-order valence-corrected chi connectivity index (χ4v) is 3.86. The summed E-state index contributed by atoms with van der Waals surface area (Å²) >= 11 is 0. The van der Waals surface area contributed by atoms with Gasteiger partial charge >= 0.3 is 0 Å². The molecule has 0 spiro atoms. The number of halogens is 1. The number of ether oxygens (including phenoxy) is 1. The number of unbranched alkanes of at least 4 members (excludes halogenated alkanes) is 10. The molecule has 0 saturated carbocycles. The molecule has 2 rings (SSSR count). The van der Waals surface area contributed by atoms with Crippen molar-refractivity contribution in [3.05, 3.63) is 42.2 Å². The molecule has 0 radical (unpaired) electrons. The van der Waals surface area contributed by atoms with Gasteiger partial charge in [0.15, 0.2) is 5.82 Å². The number of rotatable bonds is 18. The van der Waals surface area contributed by atoms with Gasteiger partial charge in [0.25, 0.3) is 0 Å². The SMILES string of the molecule is CCCCCCCCCCc1cnc(-c2ccc(OCC(F)CCCCCC)cc2)nc1. The number of hydrogen-bond acceptors (Lipinski definition) is 3. The van der Waals surface area contributed by atoms with Crippen molar-refractivity contribution in [2.24, 2.45) is 0 Å². The van der Waals surface area contributed by atoms with Crippen LogP contribution >= 0.6 is 0 Å². The lowest BCUT2D eigenvalue weighted by Crippen LogP contribution is -2.12. The summed E-state index contributed by atoms with van der Waals surface area (Å²) in [6.07, 6.45) is 19.6. The molecule has 0 amide bonds. The molecule has 4 heteroatoms. The van der Waals surface area contributed by atoms with Crippen molar-refractivity contribution in [1.29, 1.82) is 0 Å². The summed E-state index contributed by atoms with van der Waals surface area (Å²) in [6.45, 7) is 4.54. The van der Waals surface area contributed by atoms with Gasteiger partial charge < -0.3 is 4.74 Å². The third kappa shape index (κ3) is 11.1. The summed E-state index contributed by atoms with van der Waals surface area (Å²) < 4.78 is 19.6. The molecule has 178 valence electrons. The second-order valence-corrected chi connectivity index (χ2v) is 8.92. The molecule has 1 heterocycles. The highest BCUT2D eigenvalue weighted by Crippen LogP contribution is 2.20. The second-order valence-electron chi connectivity index (χ2n) is 8.92.